The molecule has 0 N–H and O–H groups in total. The fourth-order valence-corrected chi connectivity index (χ4v) is 5.13. The van der Waals surface area contributed by atoms with Crippen LogP contribution in [0.25, 0.3) is 27.5 Å². The lowest BCUT2D eigenvalue weighted by molar-refractivity contribution is -0.137. The third-order valence-electron chi connectivity index (χ3n) is 5.79. The van der Waals surface area contributed by atoms with E-state index >= 15 is 0 Å². The molecule has 37 heavy (non-hydrogen) atoms. The number of para-hydroxylation sites is 2. The molecule has 0 saturated carbocycles. The number of halogens is 4. The Hall–Kier alpha value is -3.43. The summed E-state index contributed by atoms with van der Waals surface area (Å²) in [4.78, 5) is 27.5. The van der Waals surface area contributed by atoms with Crippen molar-refractivity contribution in [1.82, 2.24) is 19.5 Å². The van der Waals surface area contributed by atoms with Crippen molar-refractivity contribution in [1.29, 1.82) is 0 Å². The van der Waals surface area contributed by atoms with Crippen LogP contribution < -0.4 is 5.56 Å². The van der Waals surface area contributed by atoms with Gasteiger partial charge in [-0.15, -0.1) is 0 Å². The fraction of sp³-hybridized carbons (Fsp3) is 0.185. The number of thioether (sulfide) groups is 1. The number of hydrogen-bond acceptors (Lipinski definition) is 5. The summed E-state index contributed by atoms with van der Waals surface area (Å²) in [6.07, 6.45) is -4.65. The maximum absolute atomic E-state index is 13.9. The molecule has 0 unspecified atom stereocenters. The van der Waals surface area contributed by atoms with Crippen molar-refractivity contribution in [3.63, 3.8) is 0 Å². The van der Waals surface area contributed by atoms with Crippen LogP contribution in [-0.4, -0.2) is 19.5 Å². The molecule has 0 aliphatic rings. The third-order valence-corrected chi connectivity index (χ3v) is 7.01. The smallest absolute Gasteiger partial charge is 0.268 e. The number of rotatable bonds is 5. The van der Waals surface area contributed by atoms with Crippen LogP contribution in [-0.2, 0) is 11.9 Å². The van der Waals surface area contributed by atoms with Crippen LogP contribution in [0, 0.1) is 0 Å². The third kappa shape index (κ3) is 4.93. The summed E-state index contributed by atoms with van der Waals surface area (Å²) in [5.74, 6) is 0.937. The Morgan fingerprint density at radius 3 is 2.38 bits per heavy atom. The molecule has 0 aliphatic heterocycles. The maximum atomic E-state index is 13.9. The number of aromatic nitrogens is 4. The summed E-state index contributed by atoms with van der Waals surface area (Å²) in [6.45, 7) is 3.95. The van der Waals surface area contributed by atoms with Gasteiger partial charge in [-0.2, -0.15) is 13.2 Å². The summed E-state index contributed by atoms with van der Waals surface area (Å²) < 4.78 is 42.8. The first-order chi connectivity index (χ1) is 17.6. The Morgan fingerprint density at radius 2 is 1.62 bits per heavy atom. The van der Waals surface area contributed by atoms with Gasteiger partial charge in [0.1, 0.15) is 16.7 Å². The Labute approximate surface area is 219 Å². The number of nitrogens with zero attached hydrogens (tertiary/aromatic N) is 4. The minimum Gasteiger partial charge on any atom is -0.268 e. The molecule has 5 rings (SSSR count). The summed E-state index contributed by atoms with van der Waals surface area (Å²) in [5.41, 5.74) is -0.648. The van der Waals surface area contributed by atoms with Gasteiger partial charge in [-0.05, 0) is 42.5 Å². The number of hydrogen-bond donors (Lipinski definition) is 0. The molecule has 0 spiro atoms. The van der Waals surface area contributed by atoms with Gasteiger partial charge >= 0.3 is 6.18 Å². The van der Waals surface area contributed by atoms with E-state index in [4.69, 9.17) is 16.6 Å². The molecule has 0 saturated heterocycles. The molecule has 5 nitrogen and oxygen atoms in total. The van der Waals surface area contributed by atoms with Crippen molar-refractivity contribution in [2.75, 3.05) is 0 Å². The first-order valence-electron chi connectivity index (χ1n) is 11.4. The highest BCUT2D eigenvalue weighted by Gasteiger charge is 2.34. The summed E-state index contributed by atoms with van der Waals surface area (Å²) in [5, 5.41) is 2.06. The Morgan fingerprint density at radius 1 is 0.919 bits per heavy atom. The van der Waals surface area contributed by atoms with E-state index in [0.717, 1.165) is 10.6 Å². The Balaban J connectivity index is 1.69. The first-order valence-corrected chi connectivity index (χ1v) is 12.8. The first kappa shape index (κ1) is 25.2. The van der Waals surface area contributed by atoms with Crippen molar-refractivity contribution in [2.45, 2.75) is 36.7 Å². The molecule has 188 valence electrons. The highest BCUT2D eigenvalue weighted by Crippen LogP contribution is 2.35. The second-order valence-corrected chi connectivity index (χ2v) is 10.1. The highest BCUT2D eigenvalue weighted by molar-refractivity contribution is 7.98. The van der Waals surface area contributed by atoms with Crippen LogP contribution in [0.2, 0.25) is 5.02 Å². The topological polar surface area (TPSA) is 60.7 Å². The second kappa shape index (κ2) is 9.79. The maximum Gasteiger partial charge on any atom is 0.418 e. The molecular formula is C27H20ClF3N4OS. The lowest BCUT2D eigenvalue weighted by Gasteiger charge is -2.18. The number of fused-ring (bicyclic) bond motifs is 2. The van der Waals surface area contributed by atoms with Gasteiger partial charge in [0.15, 0.2) is 0 Å². The molecule has 0 fully saturated rings. The van der Waals surface area contributed by atoms with Crippen LogP contribution in [0.1, 0.15) is 37.0 Å². The van der Waals surface area contributed by atoms with Crippen molar-refractivity contribution < 1.29 is 13.2 Å². The Kier molecular flexibility index (Phi) is 6.68. The van der Waals surface area contributed by atoms with Gasteiger partial charge in [-0.3, -0.25) is 9.36 Å². The Bertz CT molecular complexity index is 1700. The standard InChI is InChI=1S/C27H20ClF3N4OS/c1-15(2)24-33-21-12-11-16(28)13-18(21)25(34-24)37-14-23-32-20-9-5-3-7-17(20)26(36)35(23)22-10-6-4-8-19(22)27(29,30)31/h3-13,15H,14H2,1-2H3. The average molecular weight is 541 g/mol. The lowest BCUT2D eigenvalue weighted by Crippen LogP contribution is -2.26. The zero-order valence-corrected chi connectivity index (χ0v) is 21.3. The van der Waals surface area contributed by atoms with Crippen LogP contribution in [0.4, 0.5) is 13.2 Å². The normalized spacial score (nSPS) is 12.1. The van der Waals surface area contributed by atoms with E-state index in [0.29, 0.717) is 32.3 Å². The molecule has 0 radical (unpaired) electrons. The van der Waals surface area contributed by atoms with Gasteiger partial charge in [0, 0.05) is 16.3 Å². The van der Waals surface area contributed by atoms with Gasteiger partial charge < -0.3 is 0 Å². The molecule has 10 heteroatoms. The molecule has 0 amide bonds. The van der Waals surface area contributed by atoms with E-state index < -0.39 is 17.3 Å². The SMILES string of the molecule is CC(C)c1nc(SCc2nc3ccccc3c(=O)n2-c2ccccc2C(F)(F)F)c2cc(Cl)ccc2n1. The van der Waals surface area contributed by atoms with Gasteiger partial charge in [-0.1, -0.05) is 61.5 Å². The number of benzene rings is 3. The van der Waals surface area contributed by atoms with Crippen molar-refractivity contribution in [3.8, 4) is 5.69 Å². The summed E-state index contributed by atoms with van der Waals surface area (Å²) in [6, 6.07) is 16.9. The van der Waals surface area contributed by atoms with E-state index in [1.165, 1.54) is 30.0 Å². The minimum absolute atomic E-state index is 0.0510. The van der Waals surface area contributed by atoms with Crippen molar-refractivity contribution in [2.24, 2.45) is 0 Å². The van der Waals surface area contributed by atoms with Crippen LogP contribution >= 0.6 is 23.4 Å². The van der Waals surface area contributed by atoms with E-state index in [-0.39, 0.29) is 28.6 Å². The number of alkyl halides is 3. The fourth-order valence-electron chi connectivity index (χ4n) is 4.02. The minimum atomic E-state index is -4.65. The van der Waals surface area contributed by atoms with Crippen molar-refractivity contribution in [3.05, 3.63) is 99.3 Å². The summed E-state index contributed by atoms with van der Waals surface area (Å²) >= 11 is 7.50. The molecule has 2 aromatic heterocycles. The largest absolute Gasteiger partial charge is 0.418 e. The van der Waals surface area contributed by atoms with Gasteiger partial charge in [0.2, 0.25) is 0 Å². The molecular weight excluding hydrogens is 521 g/mol. The zero-order valence-electron chi connectivity index (χ0n) is 19.8. The zero-order chi connectivity index (χ0) is 26.3. The second-order valence-electron chi connectivity index (χ2n) is 8.69. The predicted octanol–water partition coefficient (Wildman–Crippen LogP) is 7.42. The predicted molar refractivity (Wildman–Crippen MR) is 141 cm³/mol. The van der Waals surface area contributed by atoms with Gasteiger partial charge in [-0.25, -0.2) is 15.0 Å². The van der Waals surface area contributed by atoms with Gasteiger partial charge in [0.25, 0.3) is 5.56 Å². The van der Waals surface area contributed by atoms with E-state index in [9.17, 15) is 18.0 Å². The molecule has 0 aliphatic carbocycles. The van der Waals surface area contributed by atoms with Crippen LogP contribution in [0.15, 0.2) is 76.6 Å². The van der Waals surface area contributed by atoms with E-state index in [1.807, 2.05) is 13.8 Å². The van der Waals surface area contributed by atoms with E-state index in [2.05, 4.69) is 9.97 Å². The van der Waals surface area contributed by atoms with Crippen molar-refractivity contribution >= 4 is 45.2 Å². The monoisotopic (exact) mass is 540 g/mol. The van der Waals surface area contributed by atoms with Crippen LogP contribution in [0.5, 0.6) is 0 Å². The van der Waals surface area contributed by atoms with Gasteiger partial charge in [0.05, 0.1) is 33.4 Å². The highest BCUT2D eigenvalue weighted by atomic mass is 35.5. The van der Waals surface area contributed by atoms with Crippen LogP contribution in [0.3, 0.4) is 0 Å². The molecule has 5 aromatic rings. The molecule has 2 heterocycles. The average Bonchev–Trinajstić information content (AvgIpc) is 2.86. The molecule has 0 atom stereocenters. The lowest BCUT2D eigenvalue weighted by atomic mass is 10.1. The van der Waals surface area contributed by atoms with E-state index in [1.54, 1.807) is 42.5 Å². The quantitative estimate of drug-likeness (QED) is 0.171. The summed E-state index contributed by atoms with van der Waals surface area (Å²) in [7, 11) is 0. The molecule has 0 bridgehead atoms. The molecule has 3 aromatic carbocycles.